The first-order valence-corrected chi connectivity index (χ1v) is 8.88. The lowest BCUT2D eigenvalue weighted by molar-refractivity contribution is -0.148. The largest absolute Gasteiger partial charge is 0.497 e. The van der Waals surface area contributed by atoms with Crippen LogP contribution in [0, 0.1) is 11.8 Å². The number of rotatable bonds is 6. The number of esters is 1. The lowest BCUT2D eigenvalue weighted by atomic mass is 9.82. The number of carbonyl (C=O) groups is 2. The van der Waals surface area contributed by atoms with Crippen molar-refractivity contribution in [3.05, 3.63) is 36.0 Å². The van der Waals surface area contributed by atoms with Crippen molar-refractivity contribution in [2.75, 3.05) is 27.3 Å². The zero-order valence-electron chi connectivity index (χ0n) is 15.2. The number of nitrogens with zero attached hydrogens (tertiary/aromatic N) is 1. The average molecular weight is 356 g/mol. The summed E-state index contributed by atoms with van der Waals surface area (Å²) in [5.41, 5.74) is 1.42. The first-order valence-electron chi connectivity index (χ1n) is 8.88. The van der Waals surface area contributed by atoms with Gasteiger partial charge in [-0.15, -0.1) is 0 Å². The maximum absolute atomic E-state index is 12.6. The number of benzene rings is 1. The molecule has 6 heteroatoms. The van der Waals surface area contributed by atoms with Gasteiger partial charge >= 0.3 is 5.97 Å². The van der Waals surface area contributed by atoms with Crippen LogP contribution < -0.4 is 10.1 Å². The van der Waals surface area contributed by atoms with E-state index in [4.69, 9.17) is 9.47 Å². The van der Waals surface area contributed by atoms with Gasteiger partial charge in [-0.2, -0.15) is 0 Å². The van der Waals surface area contributed by atoms with Crippen molar-refractivity contribution in [2.45, 2.75) is 19.3 Å². The first-order chi connectivity index (χ1) is 12.6. The number of ether oxygens (including phenoxy) is 2. The Morgan fingerprint density at radius 2 is 2.12 bits per heavy atom. The van der Waals surface area contributed by atoms with Crippen LogP contribution in [-0.4, -0.2) is 44.0 Å². The zero-order valence-corrected chi connectivity index (χ0v) is 15.2. The van der Waals surface area contributed by atoms with E-state index < -0.39 is 0 Å². The van der Waals surface area contributed by atoms with E-state index in [9.17, 15) is 9.59 Å². The molecule has 0 unspecified atom stereocenters. The SMILES string of the molecule is COC(=O)[C@H]1CNCC[C@H]1CCC(=O)c1cnc2ccc(OC)cc2c1. The lowest BCUT2D eigenvalue weighted by Gasteiger charge is -2.30. The number of Topliss-reactive ketones (excluding diaryl/α,β-unsaturated/α-hetero) is 1. The predicted molar refractivity (Wildman–Crippen MR) is 98.3 cm³/mol. The molecule has 0 bridgehead atoms. The van der Waals surface area contributed by atoms with E-state index >= 15 is 0 Å². The summed E-state index contributed by atoms with van der Waals surface area (Å²) in [5.74, 6) is 0.569. The fourth-order valence-electron chi connectivity index (χ4n) is 3.54. The zero-order chi connectivity index (χ0) is 18.5. The molecule has 1 aliphatic heterocycles. The molecular formula is C20H24N2O4. The highest BCUT2D eigenvalue weighted by Gasteiger charge is 2.31. The number of ketones is 1. The van der Waals surface area contributed by atoms with E-state index in [2.05, 4.69) is 10.3 Å². The molecule has 0 amide bonds. The summed E-state index contributed by atoms with van der Waals surface area (Å²) in [6.45, 7) is 1.48. The summed E-state index contributed by atoms with van der Waals surface area (Å²) >= 11 is 0. The smallest absolute Gasteiger partial charge is 0.310 e. The first kappa shape index (κ1) is 18.3. The number of carbonyl (C=O) groups excluding carboxylic acids is 2. The topological polar surface area (TPSA) is 77.5 Å². The van der Waals surface area contributed by atoms with Crippen molar-refractivity contribution in [3.8, 4) is 5.75 Å². The Morgan fingerprint density at radius 1 is 1.27 bits per heavy atom. The number of pyridine rings is 1. The summed E-state index contributed by atoms with van der Waals surface area (Å²) in [4.78, 5) is 28.9. The molecule has 1 fully saturated rings. The number of hydrogen-bond acceptors (Lipinski definition) is 6. The summed E-state index contributed by atoms with van der Waals surface area (Å²) in [7, 11) is 3.02. The standard InChI is InChI=1S/C20H24N2O4/c1-25-16-4-5-18-14(10-16)9-15(11-22-18)19(23)6-3-13-7-8-21-12-17(13)20(24)26-2/h4-5,9-11,13,17,21H,3,6-8,12H2,1-2H3/t13-,17+/m1/s1. The molecule has 6 nitrogen and oxygen atoms in total. The minimum Gasteiger partial charge on any atom is -0.497 e. The van der Waals surface area contributed by atoms with Crippen LogP contribution in [-0.2, 0) is 9.53 Å². The highest BCUT2D eigenvalue weighted by Crippen LogP contribution is 2.27. The van der Waals surface area contributed by atoms with Crippen molar-refractivity contribution >= 4 is 22.7 Å². The average Bonchev–Trinajstić information content (AvgIpc) is 2.70. The van der Waals surface area contributed by atoms with E-state index in [-0.39, 0.29) is 23.6 Å². The van der Waals surface area contributed by atoms with Gasteiger partial charge in [0.15, 0.2) is 5.78 Å². The van der Waals surface area contributed by atoms with Gasteiger partial charge in [0, 0.05) is 30.1 Å². The molecule has 0 aliphatic carbocycles. The molecular weight excluding hydrogens is 332 g/mol. The molecule has 0 saturated carbocycles. The quantitative estimate of drug-likeness (QED) is 0.633. The van der Waals surface area contributed by atoms with Crippen LogP contribution in [0.15, 0.2) is 30.5 Å². The minimum absolute atomic E-state index is 0.0457. The van der Waals surface area contributed by atoms with Gasteiger partial charge in [0.25, 0.3) is 0 Å². The number of nitrogens with one attached hydrogen (secondary N) is 1. The summed E-state index contributed by atoms with van der Waals surface area (Å²) < 4.78 is 10.1. The van der Waals surface area contributed by atoms with Gasteiger partial charge in [0.05, 0.1) is 25.7 Å². The minimum atomic E-state index is -0.200. The molecule has 1 aliphatic rings. The third-order valence-electron chi connectivity index (χ3n) is 5.08. The Balaban J connectivity index is 1.69. The highest BCUT2D eigenvalue weighted by molar-refractivity contribution is 5.98. The van der Waals surface area contributed by atoms with Gasteiger partial charge in [-0.25, -0.2) is 0 Å². The lowest BCUT2D eigenvalue weighted by Crippen LogP contribution is -2.41. The van der Waals surface area contributed by atoms with Crippen molar-refractivity contribution in [3.63, 3.8) is 0 Å². The van der Waals surface area contributed by atoms with E-state index in [0.717, 1.165) is 29.6 Å². The van der Waals surface area contributed by atoms with E-state index in [1.54, 1.807) is 13.3 Å². The molecule has 138 valence electrons. The van der Waals surface area contributed by atoms with E-state index in [0.29, 0.717) is 24.9 Å². The fourth-order valence-corrected chi connectivity index (χ4v) is 3.54. The Kier molecular flexibility index (Phi) is 5.83. The van der Waals surface area contributed by atoms with Gasteiger partial charge in [0.2, 0.25) is 0 Å². The molecule has 0 radical (unpaired) electrons. The molecule has 1 aromatic heterocycles. The van der Waals surface area contributed by atoms with Gasteiger partial charge in [-0.1, -0.05) is 0 Å². The van der Waals surface area contributed by atoms with E-state index in [1.165, 1.54) is 7.11 Å². The predicted octanol–water partition coefficient (Wildman–Crippen LogP) is 2.61. The van der Waals surface area contributed by atoms with Crippen molar-refractivity contribution in [1.29, 1.82) is 0 Å². The molecule has 1 saturated heterocycles. The van der Waals surface area contributed by atoms with Gasteiger partial charge in [-0.05, 0) is 49.6 Å². The second kappa shape index (κ2) is 8.27. The number of methoxy groups -OCH3 is 2. The summed E-state index contributed by atoms with van der Waals surface area (Å²) in [6, 6.07) is 7.45. The number of hydrogen-bond donors (Lipinski definition) is 1. The molecule has 2 heterocycles. The van der Waals surface area contributed by atoms with Crippen molar-refractivity contribution < 1.29 is 19.1 Å². The third kappa shape index (κ3) is 4.02. The Morgan fingerprint density at radius 3 is 2.88 bits per heavy atom. The highest BCUT2D eigenvalue weighted by atomic mass is 16.5. The summed E-state index contributed by atoms with van der Waals surface area (Å²) in [5, 5.41) is 4.10. The Bertz CT molecular complexity index is 805. The maximum Gasteiger partial charge on any atom is 0.310 e. The van der Waals surface area contributed by atoms with Crippen LogP contribution in [0.1, 0.15) is 29.6 Å². The van der Waals surface area contributed by atoms with Crippen LogP contribution in [0.3, 0.4) is 0 Å². The number of piperidine rings is 1. The normalized spacial score (nSPS) is 19.9. The number of aromatic nitrogens is 1. The molecule has 1 aromatic carbocycles. The van der Waals surface area contributed by atoms with Crippen molar-refractivity contribution in [2.24, 2.45) is 11.8 Å². The van der Waals surface area contributed by atoms with E-state index in [1.807, 2.05) is 24.3 Å². The van der Waals surface area contributed by atoms with Crippen LogP contribution >= 0.6 is 0 Å². The second-order valence-electron chi connectivity index (χ2n) is 6.63. The Labute approximate surface area is 152 Å². The van der Waals surface area contributed by atoms with Crippen LogP contribution in [0.25, 0.3) is 10.9 Å². The molecule has 2 atom stereocenters. The van der Waals surface area contributed by atoms with Gasteiger partial charge in [0.1, 0.15) is 5.75 Å². The third-order valence-corrected chi connectivity index (χ3v) is 5.08. The van der Waals surface area contributed by atoms with Gasteiger partial charge in [-0.3, -0.25) is 14.6 Å². The molecule has 1 N–H and O–H groups in total. The monoisotopic (exact) mass is 356 g/mol. The summed E-state index contributed by atoms with van der Waals surface area (Å²) in [6.07, 6.45) is 3.57. The molecule has 3 rings (SSSR count). The fraction of sp³-hybridized carbons (Fsp3) is 0.450. The van der Waals surface area contributed by atoms with Crippen LogP contribution in [0.2, 0.25) is 0 Å². The maximum atomic E-state index is 12.6. The van der Waals surface area contributed by atoms with Crippen LogP contribution in [0.4, 0.5) is 0 Å². The molecule has 2 aromatic rings. The Hall–Kier alpha value is -2.47. The molecule has 26 heavy (non-hydrogen) atoms. The van der Waals surface area contributed by atoms with Crippen molar-refractivity contribution in [1.82, 2.24) is 10.3 Å². The van der Waals surface area contributed by atoms with Gasteiger partial charge < -0.3 is 14.8 Å². The second-order valence-corrected chi connectivity index (χ2v) is 6.63. The van der Waals surface area contributed by atoms with Crippen LogP contribution in [0.5, 0.6) is 5.75 Å². The number of fused-ring (bicyclic) bond motifs is 1. The molecule has 0 spiro atoms.